The van der Waals surface area contributed by atoms with E-state index in [0.717, 1.165) is 0 Å². The number of hydrogen-bond donors (Lipinski definition) is 4. The molecule has 0 aliphatic carbocycles. The van der Waals surface area contributed by atoms with Gasteiger partial charge in [0.2, 0.25) is 0 Å². The molecular weight excluding hydrogens is 604 g/mol. The zero-order valence-electron chi connectivity index (χ0n) is 25.1. The van der Waals surface area contributed by atoms with Crippen LogP contribution in [0.3, 0.4) is 0 Å². The number of anilines is 1. The van der Waals surface area contributed by atoms with Crippen molar-refractivity contribution in [3.8, 4) is 11.5 Å². The molecule has 0 atom stereocenters. The van der Waals surface area contributed by atoms with Gasteiger partial charge in [-0.3, -0.25) is 0 Å². The minimum Gasteiger partial charge on any atom is -0.507 e. The lowest BCUT2D eigenvalue weighted by atomic mass is 9.88. The second-order valence-corrected chi connectivity index (χ2v) is 11.4. The molecule has 4 aromatic carbocycles. The molecule has 9 nitrogen and oxygen atoms in total. The molecule has 0 spiro atoms. The number of carbonyl (C=O) groups excluding carboxylic acids is 1. The van der Waals surface area contributed by atoms with Gasteiger partial charge in [-0.25, -0.2) is 14.4 Å². The molecule has 2 aliphatic heterocycles. The first-order valence-electron chi connectivity index (χ1n) is 14.4. The van der Waals surface area contributed by atoms with E-state index in [1.807, 2.05) is 17.8 Å². The standard InChI is InChI=1S/C19H19NS.C13H11NO3.C4H4O4/c1-20-12-10-14(11-13-20)19-15-6-2-4-8-17(15)21-18-9-5-3-7-16(18)19;14-9-6-7-11(12(15)8-9)13(16)17-10-4-2-1-3-5-10;5-3(6)1-2-4(7)8/h2-9H,10-13H2,1H3;1-8,15H,14H2;1-2H,(H,5,6)(H,7,8). The number of aliphatic carboxylic acids is 2. The number of carboxylic acid groups (broad SMARTS) is 2. The number of fused-ring (bicyclic) bond motifs is 2. The number of carboxylic acids is 2. The molecule has 0 unspecified atom stereocenters. The fourth-order valence-corrected chi connectivity index (χ4v) is 5.91. The van der Waals surface area contributed by atoms with E-state index in [2.05, 4.69) is 60.5 Å². The van der Waals surface area contributed by atoms with E-state index >= 15 is 0 Å². The summed E-state index contributed by atoms with van der Waals surface area (Å²) in [4.78, 5) is 36.1. The average Bonchev–Trinajstić information content (AvgIpc) is 3.04. The molecule has 6 rings (SSSR count). The highest BCUT2D eigenvalue weighted by Crippen LogP contribution is 2.47. The van der Waals surface area contributed by atoms with Crippen LogP contribution < -0.4 is 10.5 Å². The Labute approximate surface area is 271 Å². The Morgan fingerprint density at radius 2 is 1.30 bits per heavy atom. The van der Waals surface area contributed by atoms with Crippen molar-refractivity contribution < 1.29 is 34.4 Å². The van der Waals surface area contributed by atoms with Crippen molar-refractivity contribution in [1.29, 1.82) is 0 Å². The smallest absolute Gasteiger partial charge is 0.347 e. The minimum absolute atomic E-state index is 0.0862. The first-order valence-corrected chi connectivity index (χ1v) is 15.2. The van der Waals surface area contributed by atoms with Gasteiger partial charge in [0.1, 0.15) is 17.1 Å². The van der Waals surface area contributed by atoms with Crippen molar-refractivity contribution in [2.45, 2.75) is 22.6 Å². The average molecular weight is 639 g/mol. The van der Waals surface area contributed by atoms with Crippen LogP contribution in [0, 0.1) is 0 Å². The number of nitrogens with zero attached hydrogens (tertiary/aromatic N) is 1. The molecule has 236 valence electrons. The number of carbonyl (C=O) groups is 3. The highest BCUT2D eigenvalue weighted by molar-refractivity contribution is 7.99. The predicted molar refractivity (Wildman–Crippen MR) is 178 cm³/mol. The summed E-state index contributed by atoms with van der Waals surface area (Å²) in [6, 6.07) is 30.6. The molecule has 0 amide bonds. The number of hydrogen-bond acceptors (Lipinski definition) is 8. The monoisotopic (exact) mass is 638 g/mol. The number of aromatic hydroxyl groups is 1. The number of phenols is 1. The van der Waals surface area contributed by atoms with Gasteiger partial charge in [-0.1, -0.05) is 71.9 Å². The number of rotatable bonds is 4. The van der Waals surface area contributed by atoms with Crippen LogP contribution in [-0.4, -0.2) is 58.3 Å². The molecule has 2 heterocycles. The Morgan fingerprint density at radius 3 is 1.83 bits per heavy atom. The second-order valence-electron chi connectivity index (χ2n) is 10.4. The summed E-state index contributed by atoms with van der Waals surface area (Å²) in [6.45, 7) is 2.35. The minimum atomic E-state index is -1.26. The van der Waals surface area contributed by atoms with Crippen molar-refractivity contribution in [2.75, 3.05) is 25.9 Å². The lowest BCUT2D eigenvalue weighted by Gasteiger charge is -2.30. The van der Waals surface area contributed by atoms with Gasteiger partial charge < -0.3 is 30.7 Å². The van der Waals surface area contributed by atoms with Gasteiger partial charge in [0, 0.05) is 46.8 Å². The van der Waals surface area contributed by atoms with Gasteiger partial charge in [0.05, 0.1) is 0 Å². The van der Waals surface area contributed by atoms with E-state index in [0.29, 0.717) is 23.6 Å². The maximum atomic E-state index is 11.7. The van der Waals surface area contributed by atoms with Gasteiger partial charge in [-0.05, 0) is 73.0 Å². The van der Waals surface area contributed by atoms with E-state index in [1.165, 1.54) is 70.6 Å². The summed E-state index contributed by atoms with van der Waals surface area (Å²) in [7, 11) is 2.22. The molecule has 0 aromatic heterocycles. The number of nitrogen functional groups attached to an aromatic ring is 1. The van der Waals surface area contributed by atoms with Crippen molar-refractivity contribution >= 4 is 40.9 Å². The van der Waals surface area contributed by atoms with Gasteiger partial charge >= 0.3 is 17.9 Å². The molecule has 46 heavy (non-hydrogen) atoms. The highest BCUT2D eigenvalue weighted by Gasteiger charge is 2.24. The topological polar surface area (TPSA) is 150 Å². The molecule has 5 N–H and O–H groups in total. The van der Waals surface area contributed by atoms with Crippen molar-refractivity contribution in [2.24, 2.45) is 0 Å². The summed E-state index contributed by atoms with van der Waals surface area (Å²) >= 11 is 1.91. The molecule has 0 bridgehead atoms. The Morgan fingerprint density at radius 1 is 0.783 bits per heavy atom. The first-order chi connectivity index (χ1) is 22.1. The van der Waals surface area contributed by atoms with Crippen molar-refractivity contribution in [3.05, 3.63) is 131 Å². The summed E-state index contributed by atoms with van der Waals surface area (Å²) < 4.78 is 5.08. The van der Waals surface area contributed by atoms with Crippen LogP contribution in [0.15, 0.2) is 125 Å². The predicted octanol–water partition coefficient (Wildman–Crippen LogP) is 6.58. The zero-order valence-corrected chi connectivity index (χ0v) is 25.9. The Bertz CT molecular complexity index is 1700. The molecular formula is C36H34N2O7S. The third-order valence-electron chi connectivity index (χ3n) is 7.04. The lowest BCUT2D eigenvalue weighted by molar-refractivity contribution is -0.134. The molecule has 1 saturated heterocycles. The largest absolute Gasteiger partial charge is 0.507 e. The van der Waals surface area contributed by atoms with Crippen LogP contribution in [0.5, 0.6) is 11.5 Å². The van der Waals surface area contributed by atoms with Crippen LogP contribution in [0.4, 0.5) is 5.69 Å². The Hall–Kier alpha value is -5.32. The molecule has 10 heteroatoms. The highest BCUT2D eigenvalue weighted by atomic mass is 32.2. The second kappa shape index (κ2) is 16.1. The summed E-state index contributed by atoms with van der Waals surface area (Å²) in [5.41, 5.74) is 11.9. The summed E-state index contributed by atoms with van der Waals surface area (Å²) in [5, 5.41) is 25.2. The fourth-order valence-electron chi connectivity index (χ4n) is 4.82. The van der Waals surface area contributed by atoms with Crippen LogP contribution in [0.2, 0.25) is 0 Å². The summed E-state index contributed by atoms with van der Waals surface area (Å²) in [6.07, 6.45) is 3.50. The zero-order chi connectivity index (χ0) is 33.1. The van der Waals surface area contributed by atoms with Crippen molar-refractivity contribution in [3.63, 3.8) is 0 Å². The fraction of sp³-hybridized carbons (Fsp3) is 0.139. The van der Waals surface area contributed by atoms with E-state index in [4.69, 9.17) is 20.7 Å². The molecule has 4 aromatic rings. The third kappa shape index (κ3) is 9.34. The van der Waals surface area contributed by atoms with Gasteiger partial charge in [-0.15, -0.1) is 0 Å². The van der Waals surface area contributed by atoms with Crippen LogP contribution >= 0.6 is 11.8 Å². The van der Waals surface area contributed by atoms with Gasteiger partial charge in [0.25, 0.3) is 0 Å². The van der Waals surface area contributed by atoms with Crippen LogP contribution in [0.25, 0.3) is 5.57 Å². The van der Waals surface area contributed by atoms with E-state index in [9.17, 15) is 19.5 Å². The first kappa shape index (κ1) is 33.6. The van der Waals surface area contributed by atoms with Gasteiger partial charge in [0.15, 0.2) is 0 Å². The Balaban J connectivity index is 0.000000173. The van der Waals surface area contributed by atoms with Crippen molar-refractivity contribution in [1.82, 2.24) is 4.90 Å². The quantitative estimate of drug-likeness (QED) is 0.0735. The molecule has 0 saturated carbocycles. The Kier molecular flexibility index (Phi) is 11.8. The number of para-hydroxylation sites is 1. The third-order valence-corrected chi connectivity index (χ3v) is 8.19. The molecule has 0 radical (unpaired) electrons. The van der Waals surface area contributed by atoms with E-state index in [-0.39, 0.29) is 11.3 Å². The number of ether oxygens (including phenoxy) is 1. The number of benzene rings is 4. The molecule has 1 fully saturated rings. The molecule has 2 aliphatic rings. The number of nitrogens with two attached hydrogens (primary N) is 1. The number of piperidine rings is 1. The van der Waals surface area contributed by atoms with Crippen LogP contribution in [0.1, 0.15) is 34.3 Å². The van der Waals surface area contributed by atoms with E-state index < -0.39 is 17.9 Å². The number of esters is 1. The number of likely N-dealkylation sites (tertiary alicyclic amines) is 1. The van der Waals surface area contributed by atoms with Crippen LogP contribution in [-0.2, 0) is 9.59 Å². The lowest BCUT2D eigenvalue weighted by Crippen LogP contribution is -2.27. The van der Waals surface area contributed by atoms with E-state index in [1.54, 1.807) is 29.8 Å². The number of phenolic OH excluding ortho intramolecular Hbond substituents is 1. The maximum absolute atomic E-state index is 11.7. The van der Waals surface area contributed by atoms with Gasteiger partial charge in [-0.2, -0.15) is 0 Å². The SMILES string of the molecule is CN1CCC(=C2c3ccccc3Sc3ccccc32)CC1.Nc1ccc(C(=O)Oc2ccccc2)c(O)c1.O=C(O)C=CC(=O)O. The normalized spacial score (nSPS) is 13.7. The summed E-state index contributed by atoms with van der Waals surface area (Å²) in [5.74, 6) is -2.90. The maximum Gasteiger partial charge on any atom is 0.347 e.